The van der Waals surface area contributed by atoms with Crippen molar-refractivity contribution in [1.82, 2.24) is 15.0 Å². The van der Waals surface area contributed by atoms with E-state index in [1.54, 1.807) is 24.3 Å². The van der Waals surface area contributed by atoms with Crippen molar-refractivity contribution in [1.29, 1.82) is 0 Å². The first-order valence-corrected chi connectivity index (χ1v) is 8.43. The van der Waals surface area contributed by atoms with Crippen LogP contribution in [0.4, 0.5) is 8.78 Å². The number of aromatic amines is 1. The molecule has 3 rings (SSSR count). The molecule has 0 aliphatic heterocycles. The summed E-state index contributed by atoms with van der Waals surface area (Å²) in [6.45, 7) is 1.53. The fraction of sp³-hybridized carbons (Fsp3) is 0.176. The molecule has 0 amide bonds. The van der Waals surface area contributed by atoms with Crippen molar-refractivity contribution in [3.63, 3.8) is 0 Å². The number of aromatic nitrogens is 3. The van der Waals surface area contributed by atoms with Gasteiger partial charge in [-0.1, -0.05) is 12.1 Å². The van der Waals surface area contributed by atoms with Gasteiger partial charge in [0.15, 0.2) is 11.9 Å². The number of esters is 1. The number of nitrogens with zero attached hydrogens (tertiary/aromatic N) is 2. The fourth-order valence-electron chi connectivity index (χ4n) is 2.30. The molecule has 0 bridgehead atoms. The van der Waals surface area contributed by atoms with E-state index >= 15 is 0 Å². The van der Waals surface area contributed by atoms with Gasteiger partial charge >= 0.3 is 5.97 Å². The average Bonchev–Trinajstić information content (AvgIpc) is 2.61. The Morgan fingerprint density at radius 3 is 2.77 bits per heavy atom. The van der Waals surface area contributed by atoms with Crippen LogP contribution < -0.4 is 5.56 Å². The van der Waals surface area contributed by atoms with Gasteiger partial charge in [-0.25, -0.2) is 14.8 Å². The van der Waals surface area contributed by atoms with E-state index in [-0.39, 0.29) is 33.7 Å². The summed E-state index contributed by atoms with van der Waals surface area (Å²) in [4.78, 5) is 35.1. The lowest BCUT2D eigenvalue weighted by atomic mass is 10.2. The van der Waals surface area contributed by atoms with Crippen LogP contribution in [0.3, 0.4) is 0 Å². The molecular formula is C17H13F2N3O3S. The summed E-state index contributed by atoms with van der Waals surface area (Å²) in [7, 11) is 0. The molecule has 0 saturated carbocycles. The van der Waals surface area contributed by atoms with Crippen molar-refractivity contribution in [3.05, 3.63) is 64.3 Å². The minimum absolute atomic E-state index is 0.0761. The molecule has 0 saturated heterocycles. The highest BCUT2D eigenvalue weighted by atomic mass is 32.2. The van der Waals surface area contributed by atoms with Crippen LogP contribution in [0.1, 0.15) is 29.2 Å². The first kappa shape index (κ1) is 18.0. The third kappa shape index (κ3) is 3.88. The Hall–Kier alpha value is -2.81. The summed E-state index contributed by atoms with van der Waals surface area (Å²) in [5.74, 6) is -3.38. The van der Waals surface area contributed by atoms with Crippen LogP contribution in [0.2, 0.25) is 0 Å². The molecule has 1 aromatic carbocycles. The number of ether oxygens (including phenoxy) is 1. The minimum atomic E-state index is -2.72. The summed E-state index contributed by atoms with van der Waals surface area (Å²) in [5.41, 5.74) is 0.0288. The number of benzene rings is 1. The number of carbonyl (C=O) groups excluding carboxylic acids is 1. The van der Waals surface area contributed by atoms with E-state index in [2.05, 4.69) is 15.0 Å². The third-order valence-electron chi connectivity index (χ3n) is 3.49. The molecule has 1 atom stereocenters. The minimum Gasteiger partial charge on any atom is -0.451 e. The van der Waals surface area contributed by atoms with E-state index in [0.29, 0.717) is 10.9 Å². The molecule has 0 radical (unpaired) electrons. The highest BCUT2D eigenvalue weighted by Gasteiger charge is 2.21. The number of halogens is 2. The number of alkyl halides is 2. The van der Waals surface area contributed by atoms with Gasteiger partial charge in [0.1, 0.15) is 5.03 Å². The number of carbonyl (C=O) groups is 1. The molecule has 6 nitrogen and oxygen atoms in total. The van der Waals surface area contributed by atoms with Crippen molar-refractivity contribution < 1.29 is 18.3 Å². The second kappa shape index (κ2) is 7.61. The summed E-state index contributed by atoms with van der Waals surface area (Å²) < 4.78 is 30.5. The van der Waals surface area contributed by atoms with E-state index in [1.165, 1.54) is 25.3 Å². The zero-order valence-electron chi connectivity index (χ0n) is 13.5. The number of rotatable bonds is 5. The van der Waals surface area contributed by atoms with Gasteiger partial charge in [-0.2, -0.15) is 8.78 Å². The van der Waals surface area contributed by atoms with Crippen molar-refractivity contribution in [2.75, 3.05) is 0 Å². The largest absolute Gasteiger partial charge is 0.451 e. The molecule has 2 aromatic heterocycles. The van der Waals surface area contributed by atoms with Crippen molar-refractivity contribution >= 4 is 28.6 Å². The molecule has 0 aliphatic carbocycles. The van der Waals surface area contributed by atoms with E-state index in [0.717, 1.165) is 0 Å². The first-order chi connectivity index (χ1) is 12.5. The molecule has 0 aliphatic rings. The highest BCUT2D eigenvalue weighted by molar-refractivity contribution is 7.99. The Kier molecular flexibility index (Phi) is 5.27. The van der Waals surface area contributed by atoms with Crippen LogP contribution in [-0.2, 0) is 4.74 Å². The Bertz CT molecular complexity index is 1010. The molecule has 0 unspecified atom stereocenters. The van der Waals surface area contributed by atoms with Crippen molar-refractivity contribution in [2.24, 2.45) is 0 Å². The summed E-state index contributed by atoms with van der Waals surface area (Å²) >= 11 is 0.162. The van der Waals surface area contributed by atoms with Gasteiger partial charge in [-0.05, 0) is 43.0 Å². The van der Waals surface area contributed by atoms with Gasteiger partial charge in [-0.15, -0.1) is 0 Å². The number of pyridine rings is 1. The number of thioether (sulfide) groups is 1. The van der Waals surface area contributed by atoms with E-state index in [9.17, 15) is 18.4 Å². The van der Waals surface area contributed by atoms with Crippen LogP contribution in [0.25, 0.3) is 10.9 Å². The maximum absolute atomic E-state index is 12.6. The van der Waals surface area contributed by atoms with Gasteiger partial charge in [0.2, 0.25) is 0 Å². The molecular weight excluding hydrogens is 364 g/mol. The highest BCUT2D eigenvalue weighted by Crippen LogP contribution is 2.27. The standard InChI is InChI=1S/C17H13F2N3O3S/c1-9(13-21-12-7-3-2-5-10(12)14(23)22-13)25-16(24)11-6-4-8-20-15(11)26-17(18)19/h2-9,17H,1H3,(H,21,22,23)/t9-/m0/s1. The Morgan fingerprint density at radius 2 is 2.00 bits per heavy atom. The predicted octanol–water partition coefficient (Wildman–Crippen LogP) is 3.55. The summed E-state index contributed by atoms with van der Waals surface area (Å²) in [6.07, 6.45) is 0.428. The number of nitrogens with one attached hydrogen (secondary N) is 1. The second-order valence-electron chi connectivity index (χ2n) is 5.25. The SMILES string of the molecule is C[C@H](OC(=O)c1cccnc1SC(F)F)c1nc2ccccc2c(=O)[nH]1. The quantitative estimate of drug-likeness (QED) is 0.541. The fourth-order valence-corrected chi connectivity index (χ4v) is 2.87. The zero-order chi connectivity index (χ0) is 18.7. The molecule has 134 valence electrons. The predicted molar refractivity (Wildman–Crippen MR) is 92.3 cm³/mol. The normalized spacial score (nSPS) is 12.3. The molecule has 2 heterocycles. The first-order valence-electron chi connectivity index (χ1n) is 7.55. The maximum Gasteiger partial charge on any atom is 0.341 e. The van der Waals surface area contributed by atoms with Crippen LogP contribution in [-0.4, -0.2) is 26.7 Å². The lowest BCUT2D eigenvalue weighted by molar-refractivity contribution is 0.0315. The van der Waals surface area contributed by atoms with Gasteiger partial charge in [-0.3, -0.25) is 4.79 Å². The Balaban J connectivity index is 1.85. The molecule has 0 fully saturated rings. The lowest BCUT2D eigenvalue weighted by Gasteiger charge is -2.14. The number of hydrogen-bond donors (Lipinski definition) is 1. The van der Waals surface area contributed by atoms with Crippen LogP contribution in [0, 0.1) is 0 Å². The third-order valence-corrected chi connectivity index (χ3v) is 4.22. The molecule has 9 heteroatoms. The van der Waals surface area contributed by atoms with Gasteiger partial charge in [0.05, 0.1) is 16.5 Å². The summed E-state index contributed by atoms with van der Waals surface area (Å²) in [5, 5.41) is 0.289. The number of fused-ring (bicyclic) bond motifs is 1. The topological polar surface area (TPSA) is 84.9 Å². The van der Waals surface area contributed by atoms with E-state index in [4.69, 9.17) is 4.74 Å². The van der Waals surface area contributed by atoms with Gasteiger partial charge < -0.3 is 9.72 Å². The average molecular weight is 377 g/mol. The Labute approximate surface area is 150 Å². The lowest BCUT2D eigenvalue weighted by Crippen LogP contribution is -2.18. The zero-order valence-corrected chi connectivity index (χ0v) is 14.3. The maximum atomic E-state index is 12.6. The molecule has 1 N–H and O–H groups in total. The van der Waals surface area contributed by atoms with Gasteiger partial charge in [0.25, 0.3) is 11.3 Å². The monoisotopic (exact) mass is 377 g/mol. The number of hydrogen-bond acceptors (Lipinski definition) is 6. The number of para-hydroxylation sites is 1. The van der Waals surface area contributed by atoms with Gasteiger partial charge in [0, 0.05) is 6.20 Å². The summed E-state index contributed by atoms with van der Waals surface area (Å²) in [6, 6.07) is 9.55. The number of H-pyrrole nitrogens is 1. The van der Waals surface area contributed by atoms with Crippen LogP contribution in [0.5, 0.6) is 0 Å². The Morgan fingerprint density at radius 1 is 1.23 bits per heavy atom. The van der Waals surface area contributed by atoms with Crippen LogP contribution in [0.15, 0.2) is 52.4 Å². The van der Waals surface area contributed by atoms with Crippen molar-refractivity contribution in [2.45, 2.75) is 23.8 Å². The molecule has 26 heavy (non-hydrogen) atoms. The van der Waals surface area contributed by atoms with E-state index < -0.39 is 17.8 Å². The van der Waals surface area contributed by atoms with Crippen molar-refractivity contribution in [3.8, 4) is 0 Å². The molecule has 3 aromatic rings. The molecule has 0 spiro atoms. The second-order valence-corrected chi connectivity index (χ2v) is 6.23. The smallest absolute Gasteiger partial charge is 0.341 e. The van der Waals surface area contributed by atoms with E-state index in [1.807, 2.05) is 0 Å². The van der Waals surface area contributed by atoms with Crippen LogP contribution >= 0.6 is 11.8 Å².